The van der Waals surface area contributed by atoms with Crippen molar-refractivity contribution in [3.63, 3.8) is 0 Å². The van der Waals surface area contributed by atoms with Crippen molar-refractivity contribution in [1.29, 1.82) is 0 Å². The predicted octanol–water partition coefficient (Wildman–Crippen LogP) is 11.1. The van der Waals surface area contributed by atoms with Gasteiger partial charge in [0.2, 0.25) is 0 Å². The molecule has 0 atom stereocenters. The molecule has 0 N–H and O–H groups in total. The van der Waals surface area contributed by atoms with Crippen LogP contribution in [0.4, 0.5) is 17.2 Å². The van der Waals surface area contributed by atoms with Crippen molar-refractivity contribution in [2.75, 3.05) is 4.90 Å². The van der Waals surface area contributed by atoms with Gasteiger partial charge in [-0.1, -0.05) is 80.6 Å². The summed E-state index contributed by atoms with van der Waals surface area (Å²) >= 11 is 0. The number of ether oxygens (including phenoxy) is 1. The molecular formula is C43H32N4O. The number of fused-ring (bicyclic) bond motifs is 5. The Labute approximate surface area is 279 Å². The Hall–Kier alpha value is -6.20. The summed E-state index contributed by atoms with van der Waals surface area (Å²) in [6.45, 7) is 4.61. The lowest BCUT2D eigenvalue weighted by Crippen LogP contribution is -2.31. The monoisotopic (exact) mass is 620 g/mol. The number of para-hydroxylation sites is 2. The quantitative estimate of drug-likeness (QED) is 0.192. The molecule has 0 radical (unpaired) electrons. The van der Waals surface area contributed by atoms with Gasteiger partial charge in [-0.25, -0.2) is 4.98 Å². The third-order valence-corrected chi connectivity index (χ3v) is 9.50. The number of anilines is 3. The van der Waals surface area contributed by atoms with Crippen molar-refractivity contribution in [2.24, 2.45) is 0 Å². The fourth-order valence-corrected chi connectivity index (χ4v) is 7.20. The minimum Gasteiger partial charge on any atom is -0.457 e. The van der Waals surface area contributed by atoms with E-state index in [-0.39, 0.29) is 5.41 Å². The van der Waals surface area contributed by atoms with E-state index in [9.17, 15) is 0 Å². The summed E-state index contributed by atoms with van der Waals surface area (Å²) in [5.41, 5.74) is 9.62. The predicted molar refractivity (Wildman–Crippen MR) is 195 cm³/mol. The van der Waals surface area contributed by atoms with Gasteiger partial charge in [0.05, 0.1) is 28.1 Å². The zero-order valence-corrected chi connectivity index (χ0v) is 26.7. The van der Waals surface area contributed by atoms with Gasteiger partial charge < -0.3 is 9.30 Å². The number of nitrogens with zero attached hydrogens (tertiary/aromatic N) is 4. The zero-order valence-electron chi connectivity index (χ0n) is 26.7. The smallest absolute Gasteiger partial charge is 0.141 e. The summed E-state index contributed by atoms with van der Waals surface area (Å²) in [6.07, 6.45) is 3.69. The molecule has 0 bridgehead atoms. The Bertz CT molecular complexity index is 2470. The minimum absolute atomic E-state index is 0.278. The maximum atomic E-state index is 6.50. The number of benzene rings is 5. The van der Waals surface area contributed by atoms with E-state index in [4.69, 9.17) is 9.72 Å². The molecule has 0 aliphatic carbocycles. The van der Waals surface area contributed by atoms with E-state index in [1.165, 1.54) is 27.4 Å². The molecule has 0 saturated heterocycles. The third-order valence-electron chi connectivity index (χ3n) is 9.50. The summed E-state index contributed by atoms with van der Waals surface area (Å²) < 4.78 is 8.87. The SMILES string of the molecule is CC1(C)c2cc3c4ccccc4n(-c4ccccc4)c3cc2N(c2cccc(Oc3cccc(-c4ccccn4)c3)c2)c2ncccc21. The van der Waals surface area contributed by atoms with Crippen LogP contribution in [0.2, 0.25) is 0 Å². The average molecular weight is 621 g/mol. The summed E-state index contributed by atoms with van der Waals surface area (Å²) in [5.74, 6) is 2.42. The van der Waals surface area contributed by atoms with Crippen molar-refractivity contribution < 1.29 is 4.74 Å². The third kappa shape index (κ3) is 4.47. The molecule has 5 heteroatoms. The molecule has 5 nitrogen and oxygen atoms in total. The highest BCUT2D eigenvalue weighted by atomic mass is 16.5. The van der Waals surface area contributed by atoms with Crippen LogP contribution in [0.25, 0.3) is 38.8 Å². The molecule has 5 aromatic carbocycles. The lowest BCUT2D eigenvalue weighted by atomic mass is 9.74. The van der Waals surface area contributed by atoms with Gasteiger partial charge in [0.1, 0.15) is 17.3 Å². The first-order chi connectivity index (χ1) is 23.6. The molecule has 4 heterocycles. The van der Waals surface area contributed by atoms with Crippen LogP contribution >= 0.6 is 0 Å². The second-order valence-electron chi connectivity index (χ2n) is 12.8. The normalized spacial score (nSPS) is 13.3. The highest BCUT2D eigenvalue weighted by Gasteiger charge is 2.38. The number of hydrogen-bond donors (Lipinski definition) is 0. The van der Waals surface area contributed by atoms with Crippen molar-refractivity contribution in [1.82, 2.24) is 14.5 Å². The van der Waals surface area contributed by atoms with Gasteiger partial charge in [0.25, 0.3) is 0 Å². The van der Waals surface area contributed by atoms with Crippen LogP contribution in [0.5, 0.6) is 11.5 Å². The van der Waals surface area contributed by atoms with Gasteiger partial charge in [0.15, 0.2) is 0 Å². The molecule has 8 aromatic rings. The van der Waals surface area contributed by atoms with Crippen LogP contribution in [-0.2, 0) is 5.41 Å². The summed E-state index contributed by atoms with van der Waals surface area (Å²) in [7, 11) is 0. The van der Waals surface area contributed by atoms with E-state index in [2.05, 4.69) is 125 Å². The van der Waals surface area contributed by atoms with Gasteiger partial charge >= 0.3 is 0 Å². The van der Waals surface area contributed by atoms with Crippen LogP contribution in [0.1, 0.15) is 25.0 Å². The van der Waals surface area contributed by atoms with Crippen molar-refractivity contribution in [3.8, 4) is 28.4 Å². The Morgan fingerprint density at radius 2 is 1.29 bits per heavy atom. The van der Waals surface area contributed by atoms with E-state index < -0.39 is 0 Å². The molecule has 230 valence electrons. The second-order valence-corrected chi connectivity index (χ2v) is 12.8. The van der Waals surface area contributed by atoms with Gasteiger partial charge in [-0.3, -0.25) is 9.88 Å². The van der Waals surface area contributed by atoms with E-state index in [1.54, 1.807) is 0 Å². The Balaban J connectivity index is 1.23. The molecule has 0 spiro atoms. The molecule has 9 rings (SSSR count). The van der Waals surface area contributed by atoms with Crippen LogP contribution < -0.4 is 9.64 Å². The maximum Gasteiger partial charge on any atom is 0.141 e. The molecule has 1 aliphatic rings. The van der Waals surface area contributed by atoms with Crippen molar-refractivity contribution in [3.05, 3.63) is 169 Å². The van der Waals surface area contributed by atoms with Gasteiger partial charge in [-0.2, -0.15) is 0 Å². The molecule has 0 saturated carbocycles. The Morgan fingerprint density at radius 3 is 2.15 bits per heavy atom. The molecule has 3 aromatic heterocycles. The van der Waals surface area contributed by atoms with Gasteiger partial charge in [-0.15, -0.1) is 0 Å². The zero-order chi connectivity index (χ0) is 32.2. The summed E-state index contributed by atoms with van der Waals surface area (Å²) in [6, 6.07) is 50.6. The fraction of sp³-hybridized carbons (Fsp3) is 0.0698. The lowest BCUT2D eigenvalue weighted by molar-refractivity contribution is 0.483. The molecule has 1 aliphatic heterocycles. The van der Waals surface area contributed by atoms with Gasteiger partial charge in [-0.05, 0) is 78.4 Å². The molecule has 48 heavy (non-hydrogen) atoms. The first-order valence-corrected chi connectivity index (χ1v) is 16.2. The minimum atomic E-state index is -0.278. The highest BCUT2D eigenvalue weighted by molar-refractivity contribution is 6.11. The fourth-order valence-electron chi connectivity index (χ4n) is 7.20. The van der Waals surface area contributed by atoms with E-state index >= 15 is 0 Å². The van der Waals surface area contributed by atoms with Crippen molar-refractivity contribution in [2.45, 2.75) is 19.3 Å². The first-order valence-electron chi connectivity index (χ1n) is 16.2. The standard InChI is InChI=1S/C43H32N4O/c1-43(2)36-20-12-24-45-42(36)47(31-16-11-18-33(26-31)48-32-17-10-13-29(25-32)38-21-8-9-23-44-38)41-28-40-35(27-37(41)43)34-19-6-7-22-39(34)46(40)30-14-4-3-5-15-30/h3-28H,1-2H3. The number of rotatable bonds is 5. The average Bonchev–Trinajstić information content (AvgIpc) is 3.46. The lowest BCUT2D eigenvalue weighted by Gasteiger charge is -2.41. The molecule has 0 unspecified atom stereocenters. The second kappa shape index (κ2) is 11.0. The summed E-state index contributed by atoms with van der Waals surface area (Å²) in [4.78, 5) is 11.8. The maximum absolute atomic E-state index is 6.50. The number of aromatic nitrogens is 3. The topological polar surface area (TPSA) is 43.2 Å². The number of pyridine rings is 2. The van der Waals surface area contributed by atoms with E-state index in [0.717, 1.165) is 51.2 Å². The largest absolute Gasteiger partial charge is 0.457 e. The highest BCUT2D eigenvalue weighted by Crippen LogP contribution is 2.53. The molecular weight excluding hydrogens is 589 g/mol. The molecule has 0 fully saturated rings. The Kier molecular flexibility index (Phi) is 6.40. The van der Waals surface area contributed by atoms with E-state index in [0.29, 0.717) is 0 Å². The van der Waals surface area contributed by atoms with Crippen LogP contribution in [0, 0.1) is 0 Å². The van der Waals surface area contributed by atoms with Gasteiger partial charge in [0, 0.05) is 51.5 Å². The first kappa shape index (κ1) is 28.1. The molecule has 0 amide bonds. The van der Waals surface area contributed by atoms with Crippen LogP contribution in [-0.4, -0.2) is 14.5 Å². The Morgan fingerprint density at radius 1 is 0.542 bits per heavy atom. The summed E-state index contributed by atoms with van der Waals surface area (Å²) in [5, 5.41) is 2.47. The van der Waals surface area contributed by atoms with Crippen molar-refractivity contribution >= 4 is 39.0 Å². The van der Waals surface area contributed by atoms with Crippen LogP contribution in [0.15, 0.2) is 158 Å². The number of hydrogen-bond acceptors (Lipinski definition) is 4. The van der Waals surface area contributed by atoms with Crippen LogP contribution in [0.3, 0.4) is 0 Å². The van der Waals surface area contributed by atoms with E-state index in [1.807, 2.05) is 60.9 Å².